The Balaban J connectivity index is 2.93. The van der Waals surface area contributed by atoms with E-state index in [1.54, 1.807) is 18.3 Å². The topological polar surface area (TPSA) is 51.1 Å². The number of ketones is 1. The van der Waals surface area contributed by atoms with Crippen LogP contribution in [0.5, 0.6) is 0 Å². The number of nitrogens with zero attached hydrogens (tertiary/aromatic N) is 1. The molecule has 1 aromatic rings. The number of nitrogens with one attached hydrogen (secondary N) is 1. The molecule has 1 heterocycles. The molecule has 16 heavy (non-hydrogen) atoms. The third-order valence-corrected chi connectivity index (χ3v) is 2.37. The summed E-state index contributed by atoms with van der Waals surface area (Å²) in [6, 6.07) is 3.02. The number of aromatic nitrogens is 1. The lowest BCUT2D eigenvalue weighted by Gasteiger charge is -2.21. The van der Waals surface area contributed by atoms with Crippen molar-refractivity contribution in [1.82, 2.24) is 9.88 Å². The van der Waals surface area contributed by atoms with E-state index in [2.05, 4.69) is 21.2 Å². The van der Waals surface area contributed by atoms with Gasteiger partial charge in [-0.15, -0.1) is 0 Å². The molecule has 1 amide bonds. The number of rotatable bonds is 2. The Morgan fingerprint density at radius 1 is 1.44 bits per heavy atom. The minimum absolute atomic E-state index is 0.117. The van der Waals surface area contributed by atoms with Crippen molar-refractivity contribution in [2.45, 2.75) is 26.3 Å². The molecule has 0 aliphatic heterocycles. The van der Waals surface area contributed by atoms with Gasteiger partial charge in [0.15, 0.2) is 5.78 Å². The highest BCUT2D eigenvalue weighted by atomic mass is 79.9. The summed E-state index contributed by atoms with van der Waals surface area (Å²) in [6.45, 7) is 5.67. The average Bonchev–Trinajstić information content (AvgIpc) is 2.62. The van der Waals surface area contributed by atoms with Crippen LogP contribution >= 0.6 is 15.9 Å². The third-order valence-electron chi connectivity index (χ3n) is 1.86. The fraction of sp³-hybridized carbons (Fsp3) is 0.455. The maximum absolute atomic E-state index is 11.8. The second-order valence-corrected chi connectivity index (χ2v) is 5.06. The van der Waals surface area contributed by atoms with Gasteiger partial charge in [-0.05, 0) is 32.9 Å². The van der Waals surface area contributed by atoms with Crippen molar-refractivity contribution < 1.29 is 9.59 Å². The van der Waals surface area contributed by atoms with E-state index in [0.29, 0.717) is 5.69 Å². The van der Waals surface area contributed by atoms with Crippen LogP contribution < -0.4 is 5.32 Å². The van der Waals surface area contributed by atoms with Crippen LogP contribution in [0.3, 0.4) is 0 Å². The van der Waals surface area contributed by atoms with E-state index in [1.807, 2.05) is 20.8 Å². The predicted molar refractivity (Wildman–Crippen MR) is 66.2 cm³/mol. The Kier molecular flexibility index (Phi) is 3.91. The average molecular weight is 287 g/mol. The number of amides is 1. The van der Waals surface area contributed by atoms with E-state index in [9.17, 15) is 9.59 Å². The molecular formula is C11H15BrN2O2. The van der Waals surface area contributed by atoms with Crippen LogP contribution in [-0.4, -0.2) is 27.3 Å². The van der Waals surface area contributed by atoms with Crippen LogP contribution in [0.4, 0.5) is 4.79 Å². The minimum Gasteiger partial charge on any atom is -0.333 e. The van der Waals surface area contributed by atoms with Gasteiger partial charge in [-0.25, -0.2) is 4.79 Å². The lowest BCUT2D eigenvalue weighted by atomic mass is 10.1. The molecule has 1 N–H and O–H groups in total. The number of halogens is 1. The fourth-order valence-electron chi connectivity index (χ4n) is 1.23. The zero-order valence-corrected chi connectivity index (χ0v) is 11.2. The number of alkyl halides is 1. The molecule has 0 unspecified atom stereocenters. The summed E-state index contributed by atoms with van der Waals surface area (Å²) in [5.41, 5.74) is 0.0643. The first kappa shape index (κ1) is 13.0. The quantitative estimate of drug-likeness (QED) is 0.671. The Bertz CT molecular complexity index is 404. The maximum Gasteiger partial charge on any atom is 0.326 e. The van der Waals surface area contributed by atoms with Crippen LogP contribution in [0.25, 0.3) is 0 Å². The van der Waals surface area contributed by atoms with Gasteiger partial charge in [0.05, 0.1) is 11.0 Å². The summed E-state index contributed by atoms with van der Waals surface area (Å²) in [6.07, 6.45) is 1.58. The molecule has 0 saturated carbocycles. The molecule has 0 fully saturated rings. The van der Waals surface area contributed by atoms with Crippen LogP contribution in [0.2, 0.25) is 0 Å². The molecule has 0 aliphatic carbocycles. The lowest BCUT2D eigenvalue weighted by molar-refractivity contribution is 0.101. The third kappa shape index (κ3) is 3.20. The first-order chi connectivity index (χ1) is 7.35. The highest BCUT2D eigenvalue weighted by Crippen LogP contribution is 2.07. The van der Waals surface area contributed by atoms with E-state index >= 15 is 0 Å². The number of hydrogen-bond donors (Lipinski definition) is 1. The van der Waals surface area contributed by atoms with Gasteiger partial charge >= 0.3 is 6.03 Å². The van der Waals surface area contributed by atoms with Gasteiger partial charge in [0.25, 0.3) is 0 Å². The van der Waals surface area contributed by atoms with Crippen molar-refractivity contribution >= 4 is 27.7 Å². The summed E-state index contributed by atoms with van der Waals surface area (Å²) in [5, 5.41) is 3.01. The molecule has 0 aliphatic rings. The van der Waals surface area contributed by atoms with Gasteiger partial charge in [0.1, 0.15) is 0 Å². The van der Waals surface area contributed by atoms with Gasteiger partial charge in [-0.1, -0.05) is 15.9 Å². The maximum atomic E-state index is 11.8. The summed E-state index contributed by atoms with van der Waals surface area (Å²) in [5.74, 6) is -0.117. The summed E-state index contributed by atoms with van der Waals surface area (Å²) in [4.78, 5) is 23.4. The van der Waals surface area contributed by atoms with Crippen molar-refractivity contribution in [2.24, 2.45) is 0 Å². The number of carbonyl (C=O) groups is 2. The highest BCUT2D eigenvalue weighted by Gasteiger charge is 2.18. The molecule has 4 nitrogen and oxygen atoms in total. The molecule has 1 rings (SSSR count). The molecule has 88 valence electrons. The van der Waals surface area contributed by atoms with Gasteiger partial charge in [-0.2, -0.15) is 0 Å². The number of Topliss-reactive ketones (excluding diaryl/α,β-unsaturated/α-hetero) is 1. The first-order valence-corrected chi connectivity index (χ1v) is 6.06. The molecular weight excluding hydrogens is 272 g/mol. The molecule has 0 spiro atoms. The van der Waals surface area contributed by atoms with Crippen LogP contribution in [0.1, 0.15) is 31.3 Å². The zero-order chi connectivity index (χ0) is 12.3. The zero-order valence-electron chi connectivity index (χ0n) is 9.58. The van der Waals surface area contributed by atoms with Crippen LogP contribution in [-0.2, 0) is 0 Å². The molecule has 5 heteroatoms. The monoisotopic (exact) mass is 286 g/mol. The van der Waals surface area contributed by atoms with Crippen molar-refractivity contribution in [1.29, 1.82) is 0 Å². The molecule has 0 aromatic carbocycles. The van der Waals surface area contributed by atoms with Crippen LogP contribution in [0.15, 0.2) is 18.3 Å². The molecule has 1 aromatic heterocycles. The van der Waals surface area contributed by atoms with E-state index < -0.39 is 0 Å². The van der Waals surface area contributed by atoms with Gasteiger partial charge in [-0.3, -0.25) is 9.36 Å². The largest absolute Gasteiger partial charge is 0.333 e. The Hall–Kier alpha value is -1.10. The molecule has 0 atom stereocenters. The Labute approximate surface area is 103 Å². The smallest absolute Gasteiger partial charge is 0.326 e. The first-order valence-electron chi connectivity index (χ1n) is 4.94. The normalized spacial score (nSPS) is 11.2. The molecule has 0 radical (unpaired) electrons. The predicted octanol–water partition coefficient (Wildman–Crippen LogP) is 2.42. The summed E-state index contributed by atoms with van der Waals surface area (Å²) in [7, 11) is 0. The van der Waals surface area contributed by atoms with E-state index in [1.165, 1.54) is 4.57 Å². The van der Waals surface area contributed by atoms with E-state index in [-0.39, 0.29) is 22.7 Å². The standard InChI is InChI=1S/C11H15BrN2O2/c1-11(2,3)13-10(16)14-6-4-5-8(14)9(15)7-12/h4-6H,7H2,1-3H3,(H,13,16). The Morgan fingerprint density at radius 2 is 2.06 bits per heavy atom. The SMILES string of the molecule is CC(C)(C)NC(=O)n1cccc1C(=O)CBr. The molecule has 0 bridgehead atoms. The summed E-state index contributed by atoms with van der Waals surface area (Å²) < 4.78 is 1.33. The van der Waals surface area contributed by atoms with Crippen molar-refractivity contribution in [3.63, 3.8) is 0 Å². The number of carbonyl (C=O) groups excluding carboxylic acids is 2. The second-order valence-electron chi connectivity index (χ2n) is 4.50. The summed E-state index contributed by atoms with van der Waals surface area (Å²) >= 11 is 3.09. The van der Waals surface area contributed by atoms with Gasteiger partial charge in [0.2, 0.25) is 0 Å². The van der Waals surface area contributed by atoms with Gasteiger partial charge < -0.3 is 5.32 Å². The number of hydrogen-bond acceptors (Lipinski definition) is 2. The van der Waals surface area contributed by atoms with Crippen LogP contribution in [0, 0.1) is 0 Å². The van der Waals surface area contributed by atoms with Gasteiger partial charge in [0, 0.05) is 11.7 Å². The highest BCUT2D eigenvalue weighted by molar-refractivity contribution is 9.09. The molecule has 0 saturated heterocycles. The van der Waals surface area contributed by atoms with Crippen molar-refractivity contribution in [3.05, 3.63) is 24.0 Å². The van der Waals surface area contributed by atoms with E-state index in [4.69, 9.17) is 0 Å². The van der Waals surface area contributed by atoms with E-state index in [0.717, 1.165) is 0 Å². The Morgan fingerprint density at radius 3 is 2.56 bits per heavy atom. The van der Waals surface area contributed by atoms with Crippen molar-refractivity contribution in [3.8, 4) is 0 Å². The van der Waals surface area contributed by atoms with Crippen molar-refractivity contribution in [2.75, 3.05) is 5.33 Å². The second kappa shape index (κ2) is 4.82. The minimum atomic E-state index is -0.323. The fourth-order valence-corrected chi connectivity index (χ4v) is 1.52. The lowest BCUT2D eigenvalue weighted by Crippen LogP contribution is -2.43.